The van der Waals surface area contributed by atoms with Crippen LogP contribution in [0, 0.1) is 6.92 Å². The van der Waals surface area contributed by atoms with E-state index in [0.29, 0.717) is 18.4 Å². The monoisotopic (exact) mass is 698 g/mol. The van der Waals surface area contributed by atoms with Gasteiger partial charge in [-0.05, 0) is 123 Å². The molecule has 2 fully saturated rings. The van der Waals surface area contributed by atoms with Crippen LogP contribution in [0.2, 0.25) is 0 Å². The molecule has 6 aromatic rings. The lowest BCUT2D eigenvalue weighted by atomic mass is 9.90. The Kier molecular flexibility index (Phi) is 11.4. The SMILES string of the molecule is Cc1ccccc1Cn1cc(C2CCNCC2)c2ccccc21.Cl.FC(F)(F)c1ccc(Cn2cc(C3CCNCC3)c3ccccc32)cc1. The standard InChI is InChI=1S/C21H21F3N2.C21H24N2.ClH/c22-21(23,24)17-7-5-15(6-8-17)13-26-14-19(16-9-11-25-12-10-16)18-3-1-2-4-20(18)26;1-16-6-2-3-7-18(16)14-23-15-20(17-10-12-22-13-11-17)19-8-4-5-9-21(19)23;/h1-8,14,16,25H,9-13H2;2-9,15,17,22H,10-14H2,1H3;1H. The number of para-hydroxylation sites is 2. The molecule has 262 valence electrons. The second-order valence-electron chi connectivity index (χ2n) is 13.6. The summed E-state index contributed by atoms with van der Waals surface area (Å²) in [7, 11) is 0. The Balaban J connectivity index is 0.000000171. The highest BCUT2D eigenvalue weighted by atomic mass is 35.5. The molecule has 0 bridgehead atoms. The second-order valence-corrected chi connectivity index (χ2v) is 13.6. The van der Waals surface area contributed by atoms with Crippen LogP contribution in [0.15, 0.2) is 109 Å². The molecular weight excluding hydrogens is 653 g/mol. The Morgan fingerprint density at radius 3 is 1.56 bits per heavy atom. The number of hydrogen-bond donors (Lipinski definition) is 2. The van der Waals surface area contributed by atoms with Crippen LogP contribution in [-0.4, -0.2) is 35.3 Å². The van der Waals surface area contributed by atoms with Gasteiger partial charge in [0.15, 0.2) is 0 Å². The summed E-state index contributed by atoms with van der Waals surface area (Å²) in [6, 6.07) is 31.4. The first-order valence-electron chi connectivity index (χ1n) is 17.6. The molecule has 2 saturated heterocycles. The molecule has 2 aliphatic heterocycles. The van der Waals surface area contributed by atoms with E-state index in [1.165, 1.54) is 51.4 Å². The van der Waals surface area contributed by atoms with E-state index in [4.69, 9.17) is 0 Å². The number of hydrogen-bond acceptors (Lipinski definition) is 2. The van der Waals surface area contributed by atoms with Crippen molar-refractivity contribution < 1.29 is 13.2 Å². The first-order chi connectivity index (χ1) is 23.8. The Hall–Kier alpha value is -4.04. The molecule has 4 aromatic carbocycles. The topological polar surface area (TPSA) is 33.9 Å². The number of aromatic nitrogens is 2. The number of piperidine rings is 2. The predicted molar refractivity (Wildman–Crippen MR) is 202 cm³/mol. The number of halogens is 4. The summed E-state index contributed by atoms with van der Waals surface area (Å²) in [6.45, 7) is 8.08. The molecule has 0 atom stereocenters. The van der Waals surface area contributed by atoms with Gasteiger partial charge in [-0.2, -0.15) is 13.2 Å². The maximum absolute atomic E-state index is 12.8. The van der Waals surface area contributed by atoms with Crippen LogP contribution in [0.3, 0.4) is 0 Å². The number of nitrogens with one attached hydrogen (secondary N) is 2. The minimum atomic E-state index is -4.29. The van der Waals surface area contributed by atoms with Gasteiger partial charge in [-0.1, -0.05) is 72.8 Å². The molecule has 4 heterocycles. The van der Waals surface area contributed by atoms with Crippen LogP contribution in [0.4, 0.5) is 13.2 Å². The molecule has 0 spiro atoms. The molecule has 8 heteroatoms. The Bertz CT molecular complexity index is 2000. The fraction of sp³-hybridized carbons (Fsp3) is 0.333. The van der Waals surface area contributed by atoms with Gasteiger partial charge in [0.2, 0.25) is 0 Å². The molecule has 50 heavy (non-hydrogen) atoms. The third kappa shape index (κ3) is 7.96. The third-order valence-corrected chi connectivity index (χ3v) is 10.4. The summed E-state index contributed by atoms with van der Waals surface area (Å²) in [4.78, 5) is 0. The highest BCUT2D eigenvalue weighted by Crippen LogP contribution is 2.35. The number of alkyl halides is 3. The first kappa shape index (κ1) is 35.8. The quantitative estimate of drug-likeness (QED) is 0.182. The Morgan fingerprint density at radius 2 is 1.06 bits per heavy atom. The lowest BCUT2D eigenvalue weighted by molar-refractivity contribution is -0.137. The fourth-order valence-electron chi connectivity index (χ4n) is 7.70. The largest absolute Gasteiger partial charge is 0.416 e. The third-order valence-electron chi connectivity index (χ3n) is 10.4. The van der Waals surface area contributed by atoms with E-state index < -0.39 is 11.7 Å². The molecule has 0 amide bonds. The van der Waals surface area contributed by atoms with Crippen LogP contribution in [0.25, 0.3) is 21.8 Å². The molecule has 2 N–H and O–H groups in total. The summed E-state index contributed by atoms with van der Waals surface area (Å²) >= 11 is 0. The smallest absolute Gasteiger partial charge is 0.343 e. The molecule has 0 unspecified atom stereocenters. The molecular formula is C42H46ClF3N4. The minimum Gasteiger partial charge on any atom is -0.343 e. The first-order valence-corrected chi connectivity index (χ1v) is 17.6. The molecule has 0 radical (unpaired) electrons. The minimum absolute atomic E-state index is 0. The maximum atomic E-state index is 12.8. The molecule has 0 aliphatic carbocycles. The number of benzene rings is 4. The van der Waals surface area contributed by atoms with Crippen molar-refractivity contribution in [3.05, 3.63) is 143 Å². The van der Waals surface area contributed by atoms with Crippen LogP contribution in [0.5, 0.6) is 0 Å². The second kappa shape index (κ2) is 15.9. The van der Waals surface area contributed by atoms with E-state index in [2.05, 4.69) is 106 Å². The summed E-state index contributed by atoms with van der Waals surface area (Å²) in [5.74, 6) is 1.23. The highest BCUT2D eigenvalue weighted by Gasteiger charge is 2.30. The zero-order chi connectivity index (χ0) is 33.8. The van der Waals surface area contributed by atoms with Crippen molar-refractivity contribution in [3.8, 4) is 0 Å². The number of rotatable bonds is 6. The van der Waals surface area contributed by atoms with Crippen LogP contribution < -0.4 is 10.6 Å². The van der Waals surface area contributed by atoms with Crippen molar-refractivity contribution in [2.45, 2.75) is 63.7 Å². The van der Waals surface area contributed by atoms with Gasteiger partial charge in [0.1, 0.15) is 0 Å². The Morgan fingerprint density at radius 1 is 0.600 bits per heavy atom. The van der Waals surface area contributed by atoms with E-state index in [-0.39, 0.29) is 12.4 Å². The van der Waals surface area contributed by atoms with E-state index >= 15 is 0 Å². The van der Waals surface area contributed by atoms with Crippen LogP contribution in [-0.2, 0) is 19.3 Å². The molecule has 2 aromatic heterocycles. The highest BCUT2D eigenvalue weighted by molar-refractivity contribution is 5.86. The van der Waals surface area contributed by atoms with Crippen molar-refractivity contribution in [3.63, 3.8) is 0 Å². The van der Waals surface area contributed by atoms with Crippen LogP contribution in [0.1, 0.15) is 70.9 Å². The predicted octanol–water partition coefficient (Wildman–Crippen LogP) is 10.1. The van der Waals surface area contributed by atoms with Gasteiger partial charge in [0, 0.05) is 47.3 Å². The number of nitrogens with zero attached hydrogens (tertiary/aromatic N) is 2. The summed E-state index contributed by atoms with van der Waals surface area (Å²) in [6.07, 6.45) is 5.05. The molecule has 0 saturated carbocycles. The Labute approximate surface area is 299 Å². The van der Waals surface area contributed by atoms with Crippen LogP contribution >= 0.6 is 12.4 Å². The van der Waals surface area contributed by atoms with Gasteiger partial charge in [-0.3, -0.25) is 0 Å². The summed E-state index contributed by atoms with van der Waals surface area (Å²) < 4.78 is 42.9. The van der Waals surface area contributed by atoms with Gasteiger partial charge in [-0.25, -0.2) is 0 Å². The fourth-order valence-corrected chi connectivity index (χ4v) is 7.70. The van der Waals surface area contributed by atoms with Gasteiger partial charge in [0.05, 0.1) is 5.56 Å². The van der Waals surface area contributed by atoms with E-state index in [0.717, 1.165) is 68.8 Å². The van der Waals surface area contributed by atoms with Gasteiger partial charge in [0.25, 0.3) is 0 Å². The lowest BCUT2D eigenvalue weighted by Crippen LogP contribution is -2.26. The van der Waals surface area contributed by atoms with Crippen molar-refractivity contribution in [2.75, 3.05) is 26.2 Å². The number of fused-ring (bicyclic) bond motifs is 2. The zero-order valence-electron chi connectivity index (χ0n) is 28.6. The van der Waals surface area contributed by atoms with Gasteiger partial charge in [-0.15, -0.1) is 12.4 Å². The van der Waals surface area contributed by atoms with Crippen molar-refractivity contribution in [1.29, 1.82) is 0 Å². The summed E-state index contributed by atoms with van der Waals surface area (Å²) in [5.41, 5.74) is 8.44. The van der Waals surface area contributed by atoms with E-state index in [9.17, 15) is 13.2 Å². The van der Waals surface area contributed by atoms with E-state index in [1.54, 1.807) is 12.1 Å². The van der Waals surface area contributed by atoms with Crippen molar-refractivity contribution >= 4 is 34.2 Å². The summed E-state index contributed by atoms with van der Waals surface area (Å²) in [5, 5.41) is 9.57. The average Bonchev–Trinajstić information content (AvgIpc) is 3.69. The van der Waals surface area contributed by atoms with Crippen molar-refractivity contribution in [1.82, 2.24) is 19.8 Å². The maximum Gasteiger partial charge on any atom is 0.416 e. The van der Waals surface area contributed by atoms with Crippen molar-refractivity contribution in [2.24, 2.45) is 0 Å². The molecule has 8 rings (SSSR count). The average molecular weight is 699 g/mol. The van der Waals surface area contributed by atoms with Gasteiger partial charge < -0.3 is 19.8 Å². The molecule has 2 aliphatic rings. The number of aryl methyl sites for hydroxylation is 1. The molecule has 4 nitrogen and oxygen atoms in total. The lowest BCUT2D eigenvalue weighted by Gasteiger charge is -2.22. The zero-order valence-corrected chi connectivity index (χ0v) is 29.4. The normalized spacial score (nSPS) is 15.8. The van der Waals surface area contributed by atoms with E-state index in [1.807, 2.05) is 6.07 Å². The van der Waals surface area contributed by atoms with Gasteiger partial charge >= 0.3 is 6.18 Å².